The number of carbonyl (C=O) groups is 2. The van der Waals surface area contributed by atoms with E-state index in [0.717, 1.165) is 0 Å². The topological polar surface area (TPSA) is 70.2 Å². The minimum atomic E-state index is -0.438. The molecular weight excluding hydrogens is 285 g/mol. The van der Waals surface area contributed by atoms with Gasteiger partial charge in [0.2, 0.25) is 5.91 Å². The first-order valence-electron chi connectivity index (χ1n) is 6.08. The summed E-state index contributed by atoms with van der Waals surface area (Å²) in [4.78, 5) is 22.7. The van der Waals surface area contributed by atoms with Gasteiger partial charge in [-0.15, -0.1) is 12.4 Å². The van der Waals surface area contributed by atoms with Gasteiger partial charge in [0, 0.05) is 18.7 Å². The van der Waals surface area contributed by atoms with E-state index in [9.17, 15) is 14.0 Å². The highest BCUT2D eigenvalue weighted by atomic mass is 35.5. The second kappa shape index (κ2) is 10.2. The molecular formula is C13H19ClFN3O2. The van der Waals surface area contributed by atoms with Crippen molar-refractivity contribution in [3.63, 3.8) is 0 Å². The van der Waals surface area contributed by atoms with Gasteiger partial charge in [-0.05, 0) is 31.7 Å². The van der Waals surface area contributed by atoms with Crippen LogP contribution in [0.25, 0.3) is 0 Å². The van der Waals surface area contributed by atoms with Crippen molar-refractivity contribution in [2.75, 3.05) is 26.7 Å². The predicted molar refractivity (Wildman–Crippen MR) is 77.5 cm³/mol. The highest BCUT2D eigenvalue weighted by Crippen LogP contribution is 2.02. The smallest absolute Gasteiger partial charge is 0.251 e. The lowest BCUT2D eigenvalue weighted by molar-refractivity contribution is -0.120. The van der Waals surface area contributed by atoms with Gasteiger partial charge < -0.3 is 16.0 Å². The molecule has 0 aromatic heterocycles. The van der Waals surface area contributed by atoms with Gasteiger partial charge in [0.25, 0.3) is 5.91 Å². The standard InChI is InChI=1S/C13H18FN3O2.ClH/c1-15-9-12(18)16-6-3-7-17-13(19)10-4-2-5-11(14)8-10;/h2,4-5,8,15H,3,6-7,9H2,1H3,(H,16,18)(H,17,19);1H. The van der Waals surface area contributed by atoms with E-state index >= 15 is 0 Å². The second-order valence-electron chi connectivity index (χ2n) is 4.00. The molecule has 0 aliphatic rings. The Bertz CT molecular complexity index is 443. The van der Waals surface area contributed by atoms with E-state index in [4.69, 9.17) is 0 Å². The van der Waals surface area contributed by atoms with E-state index < -0.39 is 5.82 Å². The van der Waals surface area contributed by atoms with Crippen LogP contribution in [0.1, 0.15) is 16.8 Å². The van der Waals surface area contributed by atoms with Crippen molar-refractivity contribution in [1.29, 1.82) is 0 Å². The molecule has 1 aromatic carbocycles. The van der Waals surface area contributed by atoms with Crippen molar-refractivity contribution < 1.29 is 14.0 Å². The molecule has 0 saturated carbocycles. The summed E-state index contributed by atoms with van der Waals surface area (Å²) in [6.45, 7) is 1.19. The fourth-order valence-electron chi connectivity index (χ4n) is 1.47. The van der Waals surface area contributed by atoms with Crippen molar-refractivity contribution in [3.05, 3.63) is 35.6 Å². The molecule has 0 unspecified atom stereocenters. The highest BCUT2D eigenvalue weighted by Gasteiger charge is 2.05. The molecule has 3 N–H and O–H groups in total. The maximum Gasteiger partial charge on any atom is 0.251 e. The summed E-state index contributed by atoms with van der Waals surface area (Å²) in [6.07, 6.45) is 0.622. The first kappa shape index (κ1) is 18.3. The minimum absolute atomic E-state index is 0. The largest absolute Gasteiger partial charge is 0.355 e. The fourth-order valence-corrected chi connectivity index (χ4v) is 1.47. The molecule has 5 nitrogen and oxygen atoms in total. The fraction of sp³-hybridized carbons (Fsp3) is 0.385. The lowest BCUT2D eigenvalue weighted by atomic mass is 10.2. The number of amides is 2. The summed E-state index contributed by atoms with van der Waals surface area (Å²) in [5.74, 6) is -0.841. The first-order valence-corrected chi connectivity index (χ1v) is 6.08. The Labute approximate surface area is 123 Å². The van der Waals surface area contributed by atoms with Crippen LogP contribution in [-0.2, 0) is 4.79 Å². The van der Waals surface area contributed by atoms with Crippen LogP contribution in [0.4, 0.5) is 4.39 Å². The van der Waals surface area contributed by atoms with Gasteiger partial charge in [-0.25, -0.2) is 4.39 Å². The van der Waals surface area contributed by atoms with E-state index in [1.807, 2.05) is 0 Å². The number of hydrogen-bond donors (Lipinski definition) is 3. The zero-order valence-corrected chi connectivity index (χ0v) is 12.1. The van der Waals surface area contributed by atoms with Crippen LogP contribution in [0.15, 0.2) is 24.3 Å². The van der Waals surface area contributed by atoms with Crippen LogP contribution in [0.5, 0.6) is 0 Å². The summed E-state index contributed by atoms with van der Waals surface area (Å²) in [5.41, 5.74) is 0.291. The number of hydrogen-bond acceptors (Lipinski definition) is 3. The molecule has 1 aromatic rings. The van der Waals surface area contributed by atoms with Crippen LogP contribution in [-0.4, -0.2) is 38.5 Å². The van der Waals surface area contributed by atoms with Crippen molar-refractivity contribution in [2.24, 2.45) is 0 Å². The Balaban J connectivity index is 0.00000361. The van der Waals surface area contributed by atoms with Gasteiger partial charge >= 0.3 is 0 Å². The number of carbonyl (C=O) groups excluding carboxylic acids is 2. The third-order valence-electron chi connectivity index (χ3n) is 2.39. The van der Waals surface area contributed by atoms with Crippen LogP contribution >= 0.6 is 12.4 Å². The molecule has 0 bridgehead atoms. The Morgan fingerprint density at radius 3 is 2.55 bits per heavy atom. The molecule has 2 amide bonds. The van der Waals surface area contributed by atoms with E-state index in [1.165, 1.54) is 18.2 Å². The molecule has 0 spiro atoms. The van der Waals surface area contributed by atoms with Crippen LogP contribution in [0.3, 0.4) is 0 Å². The third kappa shape index (κ3) is 7.06. The van der Waals surface area contributed by atoms with Crippen molar-refractivity contribution >= 4 is 24.2 Å². The second-order valence-corrected chi connectivity index (χ2v) is 4.00. The van der Waals surface area contributed by atoms with Gasteiger partial charge in [0.15, 0.2) is 0 Å². The van der Waals surface area contributed by atoms with E-state index in [0.29, 0.717) is 25.1 Å². The van der Waals surface area contributed by atoms with E-state index in [-0.39, 0.29) is 30.8 Å². The molecule has 0 fully saturated rings. The normalized spacial score (nSPS) is 9.50. The average Bonchev–Trinajstić information content (AvgIpc) is 2.38. The molecule has 0 atom stereocenters. The number of rotatable bonds is 7. The Morgan fingerprint density at radius 1 is 1.20 bits per heavy atom. The van der Waals surface area contributed by atoms with Crippen molar-refractivity contribution in [1.82, 2.24) is 16.0 Å². The minimum Gasteiger partial charge on any atom is -0.355 e. The Morgan fingerprint density at radius 2 is 1.90 bits per heavy atom. The maximum absolute atomic E-state index is 12.9. The van der Waals surface area contributed by atoms with Gasteiger partial charge in [0.1, 0.15) is 5.82 Å². The van der Waals surface area contributed by atoms with Gasteiger partial charge in [-0.1, -0.05) is 6.07 Å². The Hall–Kier alpha value is -1.66. The molecule has 0 aliphatic heterocycles. The average molecular weight is 304 g/mol. The molecule has 1 rings (SSSR count). The zero-order chi connectivity index (χ0) is 14.1. The molecule has 112 valence electrons. The van der Waals surface area contributed by atoms with Crippen LogP contribution < -0.4 is 16.0 Å². The van der Waals surface area contributed by atoms with Crippen LogP contribution in [0.2, 0.25) is 0 Å². The molecule has 20 heavy (non-hydrogen) atoms. The molecule has 0 aliphatic carbocycles. The molecule has 0 radical (unpaired) electrons. The number of halogens is 2. The zero-order valence-electron chi connectivity index (χ0n) is 11.2. The monoisotopic (exact) mass is 303 g/mol. The number of nitrogens with one attached hydrogen (secondary N) is 3. The van der Waals surface area contributed by atoms with Gasteiger partial charge in [-0.2, -0.15) is 0 Å². The SMILES string of the molecule is CNCC(=O)NCCCNC(=O)c1cccc(F)c1.Cl. The summed E-state index contributed by atoms with van der Waals surface area (Å²) < 4.78 is 12.9. The van der Waals surface area contributed by atoms with Crippen molar-refractivity contribution in [2.45, 2.75) is 6.42 Å². The summed E-state index contributed by atoms with van der Waals surface area (Å²) in [7, 11) is 1.69. The van der Waals surface area contributed by atoms with Crippen LogP contribution in [0, 0.1) is 5.82 Å². The Kier molecular flexibility index (Phi) is 9.32. The van der Waals surface area contributed by atoms with Gasteiger partial charge in [-0.3, -0.25) is 9.59 Å². The third-order valence-corrected chi connectivity index (χ3v) is 2.39. The first-order chi connectivity index (χ1) is 9.13. The quantitative estimate of drug-likeness (QED) is 0.650. The lowest BCUT2D eigenvalue weighted by Crippen LogP contribution is -2.34. The molecule has 0 saturated heterocycles. The van der Waals surface area contributed by atoms with Gasteiger partial charge in [0.05, 0.1) is 6.54 Å². The summed E-state index contributed by atoms with van der Waals surface area (Å²) in [6, 6.07) is 5.51. The summed E-state index contributed by atoms with van der Waals surface area (Å²) in [5, 5.41) is 8.09. The van der Waals surface area contributed by atoms with E-state index in [2.05, 4.69) is 16.0 Å². The lowest BCUT2D eigenvalue weighted by Gasteiger charge is -2.06. The molecule has 7 heteroatoms. The number of likely N-dealkylation sites (N-methyl/N-ethyl adjacent to an activating group) is 1. The molecule has 0 heterocycles. The predicted octanol–water partition coefficient (Wildman–Crippen LogP) is 0.703. The van der Waals surface area contributed by atoms with E-state index in [1.54, 1.807) is 13.1 Å². The number of benzene rings is 1. The van der Waals surface area contributed by atoms with Crippen molar-refractivity contribution in [3.8, 4) is 0 Å². The summed E-state index contributed by atoms with van der Waals surface area (Å²) >= 11 is 0. The highest BCUT2D eigenvalue weighted by molar-refractivity contribution is 5.94. The maximum atomic E-state index is 12.9.